The number of aliphatic imine (C=N–C) groups is 2. The molecule has 0 aromatic rings. The lowest BCUT2D eigenvalue weighted by atomic mass is 10.5. The van der Waals surface area contributed by atoms with Crippen LogP contribution in [0.4, 0.5) is 0 Å². The summed E-state index contributed by atoms with van der Waals surface area (Å²) in [6.45, 7) is 2.94. The maximum absolute atomic E-state index is 9.76. The van der Waals surface area contributed by atoms with Gasteiger partial charge in [0.25, 0.3) is 0 Å². The first-order valence-electron chi connectivity index (χ1n) is 7.76. The summed E-state index contributed by atoms with van der Waals surface area (Å²) in [6, 6.07) is 1.51. The molecule has 9 nitrogen and oxygen atoms in total. The molecule has 0 spiro atoms. The molecule has 0 unspecified atom stereocenters. The summed E-state index contributed by atoms with van der Waals surface area (Å²) in [6.07, 6.45) is 4.50. The summed E-state index contributed by atoms with van der Waals surface area (Å²) in [5.41, 5.74) is 0. The van der Waals surface area contributed by atoms with Crippen molar-refractivity contribution in [1.82, 2.24) is 0 Å². The van der Waals surface area contributed by atoms with Crippen molar-refractivity contribution in [2.45, 2.75) is 31.5 Å². The van der Waals surface area contributed by atoms with Crippen LogP contribution in [0.5, 0.6) is 0 Å². The van der Waals surface area contributed by atoms with E-state index in [0.717, 1.165) is 12.5 Å². The Morgan fingerprint density at radius 3 is 1.44 bits per heavy atom. The number of hydrogen-bond donors (Lipinski definition) is 0. The van der Waals surface area contributed by atoms with Gasteiger partial charge in [-0.1, -0.05) is 0 Å². The first-order valence-corrected chi connectivity index (χ1v) is 12.2. The van der Waals surface area contributed by atoms with E-state index in [-0.39, 0.29) is 0 Å². The van der Waals surface area contributed by atoms with E-state index in [4.69, 9.17) is 22.1 Å². The van der Waals surface area contributed by atoms with Crippen LogP contribution in [-0.2, 0) is 31.7 Å². The predicted octanol–water partition coefficient (Wildman–Crippen LogP) is 1.67. The van der Waals surface area contributed by atoms with Gasteiger partial charge in [0.15, 0.2) is 0 Å². The van der Waals surface area contributed by atoms with E-state index in [1.807, 2.05) is 6.55 Å². The maximum Gasteiger partial charge on any atom is 0.500 e. The van der Waals surface area contributed by atoms with Crippen LogP contribution in [0.1, 0.15) is 12.8 Å². The molecule has 0 amide bonds. The van der Waals surface area contributed by atoms with Gasteiger partial charge in [0.05, 0.1) is 13.1 Å². The van der Waals surface area contributed by atoms with Crippen molar-refractivity contribution >= 4 is 29.5 Å². The van der Waals surface area contributed by atoms with Gasteiger partial charge in [-0.15, -0.1) is 0 Å². The van der Waals surface area contributed by atoms with Crippen molar-refractivity contribution < 1.29 is 31.7 Å². The summed E-state index contributed by atoms with van der Waals surface area (Å²) in [7, 11) is 3.58. The molecular weight excluding hydrogens is 364 g/mol. The minimum atomic E-state index is -2.46. The van der Waals surface area contributed by atoms with E-state index < -0.39 is 17.4 Å². The Kier molecular flexibility index (Phi) is 17.3. The Labute approximate surface area is 152 Å². The summed E-state index contributed by atoms with van der Waals surface area (Å²) >= 11 is 0. The van der Waals surface area contributed by atoms with Crippen LogP contribution in [-0.4, -0.2) is 78.2 Å². The Balaban J connectivity index is 0. The van der Waals surface area contributed by atoms with Crippen LogP contribution in [0.3, 0.4) is 0 Å². The maximum atomic E-state index is 9.76. The second-order valence-electron chi connectivity index (χ2n) is 4.99. The lowest BCUT2D eigenvalue weighted by Crippen LogP contribution is -2.42. The Morgan fingerprint density at radius 2 is 1.12 bits per heavy atom. The first kappa shape index (κ1) is 26.2. The SMILES string of the molecule is CO[Si](C)(CCCN=C=O)OC.CO[Si](CCCN=C=O)(OC)OC. The Hall–Kier alpha value is -1.01. The zero-order valence-electron chi connectivity index (χ0n) is 16.0. The van der Waals surface area contributed by atoms with E-state index in [1.54, 1.807) is 35.5 Å². The fourth-order valence-corrected chi connectivity index (χ4v) is 4.87. The molecule has 0 radical (unpaired) electrons. The predicted molar refractivity (Wildman–Crippen MR) is 97.2 cm³/mol. The van der Waals surface area contributed by atoms with Gasteiger partial charge in [0.1, 0.15) is 0 Å². The van der Waals surface area contributed by atoms with E-state index in [2.05, 4.69) is 9.98 Å². The lowest BCUT2D eigenvalue weighted by Gasteiger charge is -2.23. The Bertz CT molecular complexity index is 411. The largest absolute Gasteiger partial charge is 0.500 e. The van der Waals surface area contributed by atoms with E-state index in [0.29, 0.717) is 25.6 Å². The molecule has 0 bridgehead atoms. The highest BCUT2D eigenvalue weighted by molar-refractivity contribution is 6.65. The molecule has 0 heterocycles. The zero-order chi connectivity index (χ0) is 19.6. The first-order chi connectivity index (χ1) is 11.9. The van der Waals surface area contributed by atoms with Crippen LogP contribution in [0.2, 0.25) is 18.6 Å². The number of rotatable bonds is 13. The number of hydrogen-bond acceptors (Lipinski definition) is 9. The van der Waals surface area contributed by atoms with Gasteiger partial charge in [-0.25, -0.2) is 19.6 Å². The Morgan fingerprint density at radius 1 is 0.720 bits per heavy atom. The van der Waals surface area contributed by atoms with Crippen LogP contribution >= 0.6 is 0 Å². The van der Waals surface area contributed by atoms with E-state index >= 15 is 0 Å². The van der Waals surface area contributed by atoms with Crippen LogP contribution in [0.25, 0.3) is 0 Å². The van der Waals surface area contributed by atoms with E-state index in [1.165, 1.54) is 12.2 Å². The molecular formula is C14H30N2O7Si2. The van der Waals surface area contributed by atoms with Gasteiger partial charge in [-0.3, -0.25) is 0 Å². The summed E-state index contributed by atoms with van der Waals surface area (Å²) < 4.78 is 26.0. The van der Waals surface area contributed by atoms with Gasteiger partial charge in [-0.05, 0) is 25.4 Å². The highest BCUT2D eigenvalue weighted by Crippen LogP contribution is 2.14. The van der Waals surface area contributed by atoms with Crippen molar-refractivity contribution in [3.63, 3.8) is 0 Å². The molecule has 0 aliphatic carbocycles. The molecule has 0 atom stereocenters. The topological polar surface area (TPSA) is 105 Å². The zero-order valence-corrected chi connectivity index (χ0v) is 18.0. The van der Waals surface area contributed by atoms with Crippen molar-refractivity contribution in [1.29, 1.82) is 0 Å². The standard InChI is InChI=1S/C7H15NO4Si.C7H15NO3Si/c1-10-13(11-2,12-3)6-4-5-8-7-9;1-10-12(3,11-2)6-4-5-8-7-9/h4-6H2,1-3H3;4-6H2,1-3H3. The van der Waals surface area contributed by atoms with Crippen molar-refractivity contribution in [2.24, 2.45) is 9.98 Å². The molecule has 0 saturated carbocycles. The highest BCUT2D eigenvalue weighted by Gasteiger charge is 2.36. The van der Waals surface area contributed by atoms with Crippen molar-refractivity contribution in [2.75, 3.05) is 48.6 Å². The average molecular weight is 395 g/mol. The molecule has 0 N–H and O–H groups in total. The number of isocyanates is 2. The third-order valence-corrected chi connectivity index (χ3v) is 9.40. The average Bonchev–Trinajstić information content (AvgIpc) is 2.66. The highest BCUT2D eigenvalue weighted by atomic mass is 28.4. The number of nitrogens with zero attached hydrogens (tertiary/aromatic N) is 2. The summed E-state index contributed by atoms with van der Waals surface area (Å²) in [5, 5.41) is 0. The summed E-state index contributed by atoms with van der Waals surface area (Å²) in [4.78, 5) is 26.4. The molecule has 0 aromatic carbocycles. The van der Waals surface area contributed by atoms with Crippen molar-refractivity contribution in [3.05, 3.63) is 0 Å². The third kappa shape index (κ3) is 12.9. The van der Waals surface area contributed by atoms with Crippen LogP contribution in [0.15, 0.2) is 9.98 Å². The third-order valence-electron chi connectivity index (χ3n) is 3.58. The smallest absolute Gasteiger partial charge is 0.398 e. The number of carbonyl (C=O) groups excluding carboxylic acids is 2. The normalized spacial score (nSPS) is 11.0. The molecule has 0 saturated heterocycles. The molecule has 0 rings (SSSR count). The van der Waals surface area contributed by atoms with Gasteiger partial charge in [0, 0.05) is 41.6 Å². The van der Waals surface area contributed by atoms with Gasteiger partial charge in [-0.2, -0.15) is 0 Å². The monoisotopic (exact) mass is 394 g/mol. The van der Waals surface area contributed by atoms with Crippen LogP contribution < -0.4 is 0 Å². The molecule has 0 aromatic heterocycles. The van der Waals surface area contributed by atoms with E-state index in [9.17, 15) is 9.59 Å². The quantitative estimate of drug-likeness (QED) is 0.202. The second-order valence-corrected chi connectivity index (χ2v) is 11.7. The lowest BCUT2D eigenvalue weighted by molar-refractivity contribution is 0.123. The van der Waals surface area contributed by atoms with Gasteiger partial charge in [0.2, 0.25) is 12.2 Å². The molecule has 0 aliphatic heterocycles. The molecule has 25 heavy (non-hydrogen) atoms. The minimum absolute atomic E-state index is 0.439. The minimum Gasteiger partial charge on any atom is -0.398 e. The second kappa shape index (κ2) is 16.5. The van der Waals surface area contributed by atoms with Gasteiger partial charge < -0.3 is 22.1 Å². The van der Waals surface area contributed by atoms with Crippen molar-refractivity contribution in [3.8, 4) is 0 Å². The fraction of sp³-hybridized carbons (Fsp3) is 0.857. The summed E-state index contributed by atoms with van der Waals surface area (Å²) in [5.74, 6) is 0. The fourth-order valence-electron chi connectivity index (χ4n) is 1.79. The molecule has 0 aliphatic rings. The molecule has 0 fully saturated rings. The molecule has 11 heteroatoms. The van der Waals surface area contributed by atoms with Crippen LogP contribution in [0, 0.1) is 0 Å². The molecule has 146 valence electrons. The van der Waals surface area contributed by atoms with Gasteiger partial charge >= 0.3 is 17.4 Å².